The van der Waals surface area contributed by atoms with Gasteiger partial charge in [-0.1, -0.05) is 31.0 Å². The van der Waals surface area contributed by atoms with Crippen LogP contribution in [0.1, 0.15) is 49.3 Å². The van der Waals surface area contributed by atoms with Crippen LogP contribution in [0, 0.1) is 19.7 Å². The SMILES string of the molecule is CCOc1c(C)cc(NC(=O)C2(c3ccccc3F)CCCC2)cc1C. The molecule has 0 spiro atoms. The zero-order valence-electron chi connectivity index (χ0n) is 15.7. The number of amides is 1. The Labute approximate surface area is 154 Å². The van der Waals surface area contributed by atoms with Gasteiger partial charge >= 0.3 is 0 Å². The first kappa shape index (κ1) is 18.4. The van der Waals surface area contributed by atoms with Gasteiger partial charge in [-0.15, -0.1) is 0 Å². The summed E-state index contributed by atoms with van der Waals surface area (Å²) in [7, 11) is 0. The molecule has 4 heteroatoms. The maximum absolute atomic E-state index is 14.5. The molecule has 0 atom stereocenters. The molecule has 0 aliphatic heterocycles. The van der Waals surface area contributed by atoms with Crippen LogP contribution in [-0.4, -0.2) is 12.5 Å². The number of carbonyl (C=O) groups excluding carboxylic acids is 1. The van der Waals surface area contributed by atoms with E-state index in [1.54, 1.807) is 18.2 Å². The number of carbonyl (C=O) groups is 1. The summed E-state index contributed by atoms with van der Waals surface area (Å²) in [6.07, 6.45) is 3.22. The van der Waals surface area contributed by atoms with Crippen molar-refractivity contribution in [3.05, 3.63) is 58.9 Å². The van der Waals surface area contributed by atoms with Crippen molar-refractivity contribution in [1.82, 2.24) is 0 Å². The van der Waals surface area contributed by atoms with Crippen LogP contribution in [0.15, 0.2) is 36.4 Å². The van der Waals surface area contributed by atoms with E-state index in [2.05, 4.69) is 5.32 Å². The molecule has 0 aromatic heterocycles. The number of halogens is 1. The molecule has 1 aliphatic rings. The Bertz CT molecular complexity index is 787. The van der Waals surface area contributed by atoms with E-state index in [-0.39, 0.29) is 11.7 Å². The van der Waals surface area contributed by atoms with Crippen LogP contribution < -0.4 is 10.1 Å². The zero-order valence-corrected chi connectivity index (χ0v) is 15.7. The van der Waals surface area contributed by atoms with E-state index < -0.39 is 5.41 Å². The van der Waals surface area contributed by atoms with Crippen LogP contribution in [0.4, 0.5) is 10.1 Å². The number of rotatable bonds is 5. The fourth-order valence-corrected chi connectivity index (χ4v) is 4.09. The molecule has 2 aromatic carbocycles. The van der Waals surface area contributed by atoms with Gasteiger partial charge in [0, 0.05) is 11.3 Å². The normalized spacial score (nSPS) is 15.7. The summed E-state index contributed by atoms with van der Waals surface area (Å²) < 4.78 is 20.1. The van der Waals surface area contributed by atoms with Crippen molar-refractivity contribution in [2.24, 2.45) is 0 Å². The third kappa shape index (κ3) is 3.33. The smallest absolute Gasteiger partial charge is 0.235 e. The maximum atomic E-state index is 14.5. The van der Waals surface area contributed by atoms with Gasteiger partial charge in [0.1, 0.15) is 11.6 Å². The lowest BCUT2D eigenvalue weighted by Crippen LogP contribution is -2.38. The van der Waals surface area contributed by atoms with Crippen molar-refractivity contribution in [3.63, 3.8) is 0 Å². The fourth-order valence-electron chi connectivity index (χ4n) is 4.09. The standard InChI is InChI=1S/C22H26FNO2/c1-4-26-20-15(2)13-17(14-16(20)3)24-21(25)22(11-7-8-12-22)18-9-5-6-10-19(18)23/h5-6,9-10,13-14H,4,7-8,11-12H2,1-3H3,(H,24,25). The quantitative estimate of drug-likeness (QED) is 0.791. The lowest BCUT2D eigenvalue weighted by molar-refractivity contribution is -0.121. The molecule has 0 bridgehead atoms. The van der Waals surface area contributed by atoms with Gasteiger partial charge in [0.25, 0.3) is 0 Å². The summed E-state index contributed by atoms with van der Waals surface area (Å²) in [5, 5.41) is 3.04. The molecular weight excluding hydrogens is 329 g/mol. The first-order chi connectivity index (χ1) is 12.5. The first-order valence-corrected chi connectivity index (χ1v) is 9.28. The number of benzene rings is 2. The van der Waals surface area contributed by atoms with Gasteiger partial charge in [0.05, 0.1) is 12.0 Å². The first-order valence-electron chi connectivity index (χ1n) is 9.28. The van der Waals surface area contributed by atoms with Crippen LogP contribution in [0.3, 0.4) is 0 Å². The lowest BCUT2D eigenvalue weighted by Gasteiger charge is -2.29. The Morgan fingerprint density at radius 2 is 1.77 bits per heavy atom. The number of hydrogen-bond donors (Lipinski definition) is 1. The molecule has 3 nitrogen and oxygen atoms in total. The van der Waals surface area contributed by atoms with Crippen LogP contribution in [-0.2, 0) is 10.2 Å². The molecule has 0 unspecified atom stereocenters. The van der Waals surface area contributed by atoms with Crippen molar-refractivity contribution in [2.45, 2.75) is 51.9 Å². The van der Waals surface area contributed by atoms with E-state index in [0.717, 1.165) is 35.4 Å². The van der Waals surface area contributed by atoms with Gasteiger partial charge in [-0.05, 0) is 62.9 Å². The number of nitrogens with one attached hydrogen (secondary N) is 1. The Morgan fingerprint density at radius 1 is 1.15 bits per heavy atom. The molecule has 0 heterocycles. The molecule has 1 aliphatic carbocycles. The van der Waals surface area contributed by atoms with Gasteiger partial charge < -0.3 is 10.1 Å². The molecule has 1 N–H and O–H groups in total. The summed E-state index contributed by atoms with van der Waals surface area (Å²) in [5.74, 6) is 0.432. The number of ether oxygens (including phenoxy) is 1. The van der Waals surface area contributed by atoms with Crippen molar-refractivity contribution >= 4 is 11.6 Å². The Balaban J connectivity index is 1.92. The molecule has 1 amide bonds. The minimum absolute atomic E-state index is 0.122. The van der Waals surface area contributed by atoms with Crippen LogP contribution in [0.25, 0.3) is 0 Å². The van der Waals surface area contributed by atoms with Gasteiger partial charge in [0.15, 0.2) is 0 Å². The van der Waals surface area contributed by atoms with Crippen molar-refractivity contribution in [3.8, 4) is 5.75 Å². The van der Waals surface area contributed by atoms with Crippen molar-refractivity contribution < 1.29 is 13.9 Å². The Morgan fingerprint density at radius 3 is 2.35 bits per heavy atom. The van der Waals surface area contributed by atoms with Gasteiger partial charge in [-0.2, -0.15) is 0 Å². The zero-order chi connectivity index (χ0) is 18.7. The molecule has 1 fully saturated rings. The second-order valence-electron chi connectivity index (χ2n) is 7.10. The minimum Gasteiger partial charge on any atom is -0.493 e. The molecular formula is C22H26FNO2. The highest BCUT2D eigenvalue weighted by Crippen LogP contribution is 2.43. The average Bonchev–Trinajstić information content (AvgIpc) is 3.09. The van der Waals surface area contributed by atoms with Crippen molar-refractivity contribution in [2.75, 3.05) is 11.9 Å². The third-order valence-electron chi connectivity index (χ3n) is 5.29. The maximum Gasteiger partial charge on any atom is 0.235 e. The molecule has 26 heavy (non-hydrogen) atoms. The van der Waals surface area contributed by atoms with Gasteiger partial charge in [-0.25, -0.2) is 4.39 Å². The molecule has 2 aromatic rings. The van der Waals surface area contributed by atoms with Crippen molar-refractivity contribution in [1.29, 1.82) is 0 Å². The summed E-state index contributed by atoms with van der Waals surface area (Å²) in [4.78, 5) is 13.2. The van der Waals surface area contributed by atoms with Crippen LogP contribution >= 0.6 is 0 Å². The molecule has 0 saturated heterocycles. The average molecular weight is 355 g/mol. The predicted molar refractivity (Wildman–Crippen MR) is 102 cm³/mol. The summed E-state index contributed by atoms with van der Waals surface area (Å²) in [5.41, 5.74) is 2.42. The second-order valence-corrected chi connectivity index (χ2v) is 7.10. The van der Waals surface area contributed by atoms with E-state index in [9.17, 15) is 9.18 Å². The predicted octanol–water partition coefficient (Wildman–Crippen LogP) is 5.29. The van der Waals surface area contributed by atoms with E-state index in [1.807, 2.05) is 32.9 Å². The summed E-state index contributed by atoms with van der Waals surface area (Å²) >= 11 is 0. The molecule has 3 rings (SSSR count). The Kier molecular flexibility index (Phi) is 5.30. The lowest BCUT2D eigenvalue weighted by atomic mass is 9.77. The highest BCUT2D eigenvalue weighted by atomic mass is 19.1. The molecule has 1 saturated carbocycles. The number of anilines is 1. The number of aryl methyl sites for hydroxylation is 2. The van der Waals surface area contributed by atoms with Gasteiger partial charge in [0.2, 0.25) is 5.91 Å². The fraction of sp³-hybridized carbons (Fsp3) is 0.409. The number of hydrogen-bond acceptors (Lipinski definition) is 2. The van der Waals surface area contributed by atoms with E-state index in [0.29, 0.717) is 25.0 Å². The monoisotopic (exact) mass is 355 g/mol. The van der Waals surface area contributed by atoms with Gasteiger partial charge in [-0.3, -0.25) is 4.79 Å². The topological polar surface area (TPSA) is 38.3 Å². The summed E-state index contributed by atoms with van der Waals surface area (Å²) in [6, 6.07) is 10.5. The molecule has 138 valence electrons. The Hall–Kier alpha value is -2.36. The highest BCUT2D eigenvalue weighted by molar-refractivity contribution is 5.99. The summed E-state index contributed by atoms with van der Waals surface area (Å²) in [6.45, 7) is 6.49. The van der Waals surface area contributed by atoms with Crippen LogP contribution in [0.5, 0.6) is 5.75 Å². The second kappa shape index (κ2) is 7.48. The largest absolute Gasteiger partial charge is 0.493 e. The third-order valence-corrected chi connectivity index (χ3v) is 5.29. The van der Waals surface area contributed by atoms with Crippen LogP contribution in [0.2, 0.25) is 0 Å². The van der Waals surface area contributed by atoms with E-state index in [4.69, 9.17) is 4.74 Å². The van der Waals surface area contributed by atoms with E-state index >= 15 is 0 Å². The highest BCUT2D eigenvalue weighted by Gasteiger charge is 2.44. The molecule has 0 radical (unpaired) electrons. The van der Waals surface area contributed by atoms with E-state index in [1.165, 1.54) is 6.07 Å². The minimum atomic E-state index is -0.786.